The third-order valence-corrected chi connectivity index (χ3v) is 11.8. The van der Waals surface area contributed by atoms with Crippen molar-refractivity contribution in [3.63, 3.8) is 0 Å². The maximum absolute atomic E-state index is 12.4. The van der Waals surface area contributed by atoms with E-state index >= 15 is 0 Å². The molecule has 57 heavy (non-hydrogen) atoms. The minimum atomic E-state index is -0.853. The van der Waals surface area contributed by atoms with Gasteiger partial charge in [-0.2, -0.15) is 0 Å². The lowest BCUT2D eigenvalue weighted by Gasteiger charge is -2.20. The second-order valence-corrected chi connectivity index (χ2v) is 17.5. The molecule has 2 atom stereocenters. The molecule has 6 nitrogen and oxygen atoms in total. The average Bonchev–Trinajstić information content (AvgIpc) is 3.21. The van der Waals surface area contributed by atoms with Crippen LogP contribution < -0.4 is 5.32 Å². The number of aliphatic hydroxyl groups excluding tert-OH is 2. The largest absolute Gasteiger partial charge is 0.466 e. The zero-order chi connectivity index (χ0) is 41.5. The number of aliphatic hydroxyl groups is 2. The zero-order valence-electron chi connectivity index (χ0n) is 38.3. The van der Waals surface area contributed by atoms with Gasteiger partial charge in [-0.25, -0.2) is 0 Å². The van der Waals surface area contributed by atoms with Gasteiger partial charge in [-0.15, -0.1) is 0 Å². The smallest absolute Gasteiger partial charge is 0.305 e. The van der Waals surface area contributed by atoms with Gasteiger partial charge in [0.25, 0.3) is 0 Å². The molecule has 6 heteroatoms. The fourth-order valence-corrected chi connectivity index (χ4v) is 7.87. The van der Waals surface area contributed by atoms with Gasteiger partial charge in [0, 0.05) is 12.8 Å². The number of carbonyl (C=O) groups is 2. The van der Waals surface area contributed by atoms with Crippen LogP contribution in [0.15, 0.2) is 12.2 Å². The van der Waals surface area contributed by atoms with E-state index in [-0.39, 0.29) is 18.5 Å². The third kappa shape index (κ3) is 44.0. The highest BCUT2D eigenvalue weighted by Gasteiger charge is 2.18. The number of esters is 1. The van der Waals surface area contributed by atoms with Gasteiger partial charge >= 0.3 is 5.97 Å². The Morgan fingerprint density at radius 1 is 0.474 bits per heavy atom. The lowest BCUT2D eigenvalue weighted by Crippen LogP contribution is -2.45. The van der Waals surface area contributed by atoms with Gasteiger partial charge in [0.1, 0.15) is 0 Å². The minimum absolute atomic E-state index is 0.00920. The number of hydrogen-bond acceptors (Lipinski definition) is 5. The topological polar surface area (TPSA) is 95.9 Å². The van der Waals surface area contributed by atoms with Gasteiger partial charge < -0.3 is 20.3 Å². The van der Waals surface area contributed by atoms with Crippen molar-refractivity contribution in [2.45, 2.75) is 289 Å². The Morgan fingerprint density at radius 2 is 0.807 bits per heavy atom. The second-order valence-electron chi connectivity index (χ2n) is 17.5. The second kappa shape index (κ2) is 47.3. The van der Waals surface area contributed by atoms with E-state index in [2.05, 4.69) is 19.2 Å². The molecule has 0 rings (SSSR count). The van der Waals surface area contributed by atoms with Crippen LogP contribution in [-0.2, 0) is 14.3 Å². The number of carbonyl (C=O) groups excluding carboxylic acids is 2. The SMILES string of the molecule is CCCCCCCCCCCCCCC/C=C/C(O)C(CO)NC(=O)CCCCCCCCCCCCCCOC(=O)CCCCCCCCCCCCCCC. The molecule has 0 aliphatic heterocycles. The van der Waals surface area contributed by atoms with Crippen LogP contribution in [0, 0.1) is 0 Å². The number of allylic oxidation sites excluding steroid dienone is 1. The first-order valence-corrected chi connectivity index (χ1v) is 25.5. The normalized spacial score (nSPS) is 12.7. The Bertz CT molecular complexity index is 847. The maximum atomic E-state index is 12.4. The summed E-state index contributed by atoms with van der Waals surface area (Å²) in [5.41, 5.74) is 0. The van der Waals surface area contributed by atoms with Gasteiger partial charge in [0.15, 0.2) is 0 Å². The van der Waals surface area contributed by atoms with Gasteiger partial charge in [-0.05, 0) is 32.1 Å². The predicted molar refractivity (Wildman–Crippen MR) is 246 cm³/mol. The zero-order valence-corrected chi connectivity index (χ0v) is 38.3. The molecule has 1 amide bonds. The minimum Gasteiger partial charge on any atom is -0.466 e. The van der Waals surface area contributed by atoms with E-state index in [4.69, 9.17) is 4.74 Å². The number of unbranched alkanes of at least 4 members (excludes halogenated alkanes) is 36. The Labute approximate surface area is 355 Å². The lowest BCUT2D eigenvalue weighted by molar-refractivity contribution is -0.143. The Kier molecular flexibility index (Phi) is 46.1. The summed E-state index contributed by atoms with van der Waals surface area (Å²) in [6.45, 7) is 4.87. The van der Waals surface area contributed by atoms with Crippen LogP contribution in [0.4, 0.5) is 0 Å². The van der Waals surface area contributed by atoms with E-state index in [1.165, 1.54) is 193 Å². The van der Waals surface area contributed by atoms with Crippen molar-refractivity contribution in [1.82, 2.24) is 5.32 Å². The van der Waals surface area contributed by atoms with Crippen molar-refractivity contribution < 1.29 is 24.5 Å². The maximum Gasteiger partial charge on any atom is 0.305 e. The quantitative estimate of drug-likeness (QED) is 0.0323. The highest BCUT2D eigenvalue weighted by Crippen LogP contribution is 2.16. The van der Waals surface area contributed by atoms with Crippen molar-refractivity contribution in [2.24, 2.45) is 0 Å². The Hall–Kier alpha value is -1.40. The summed E-state index contributed by atoms with van der Waals surface area (Å²) in [6, 6.07) is -0.637. The van der Waals surface area contributed by atoms with Gasteiger partial charge in [0.2, 0.25) is 5.91 Å². The standard InChI is InChI=1S/C51H99NO5/c1-3-5-7-9-11-13-15-17-18-20-23-27-31-35-39-43-49(54)48(47-53)52-50(55)44-40-36-32-28-24-21-22-26-30-34-38-42-46-57-51(56)45-41-37-33-29-25-19-16-14-12-10-8-6-4-2/h39,43,48-49,53-54H,3-38,40-42,44-47H2,1-2H3,(H,52,55)/b43-39+. The van der Waals surface area contributed by atoms with Crippen LogP contribution in [0.3, 0.4) is 0 Å². The summed E-state index contributed by atoms with van der Waals surface area (Å²) in [5.74, 6) is -0.0914. The lowest BCUT2D eigenvalue weighted by atomic mass is 10.0. The Morgan fingerprint density at radius 3 is 1.19 bits per heavy atom. The van der Waals surface area contributed by atoms with Crippen molar-refractivity contribution in [1.29, 1.82) is 0 Å². The van der Waals surface area contributed by atoms with E-state index in [9.17, 15) is 19.8 Å². The first-order valence-electron chi connectivity index (χ1n) is 25.5. The molecule has 2 unspecified atom stereocenters. The molecule has 0 aromatic carbocycles. The number of ether oxygens (including phenoxy) is 1. The fourth-order valence-electron chi connectivity index (χ4n) is 7.87. The summed E-state index contributed by atoms with van der Waals surface area (Å²) >= 11 is 0. The van der Waals surface area contributed by atoms with E-state index < -0.39 is 12.1 Å². The molecule has 0 heterocycles. The summed E-state index contributed by atoms with van der Waals surface area (Å²) in [4.78, 5) is 24.4. The van der Waals surface area contributed by atoms with Gasteiger partial charge in [0.05, 0.1) is 25.4 Å². The molecular formula is C51H99NO5. The van der Waals surface area contributed by atoms with E-state index in [0.717, 1.165) is 57.8 Å². The molecule has 0 aromatic rings. The van der Waals surface area contributed by atoms with Crippen LogP contribution in [0.2, 0.25) is 0 Å². The first-order chi connectivity index (χ1) is 28.0. The van der Waals surface area contributed by atoms with Crippen LogP contribution in [0.25, 0.3) is 0 Å². The van der Waals surface area contributed by atoms with Crippen molar-refractivity contribution >= 4 is 11.9 Å². The average molecular weight is 806 g/mol. The molecule has 0 aliphatic carbocycles. The van der Waals surface area contributed by atoms with Gasteiger partial charge in [-0.1, -0.05) is 244 Å². The molecule has 0 bridgehead atoms. The van der Waals surface area contributed by atoms with Gasteiger partial charge in [-0.3, -0.25) is 9.59 Å². The monoisotopic (exact) mass is 806 g/mol. The first kappa shape index (κ1) is 55.6. The van der Waals surface area contributed by atoms with Crippen LogP contribution in [0.1, 0.15) is 277 Å². The van der Waals surface area contributed by atoms with Crippen molar-refractivity contribution in [2.75, 3.05) is 13.2 Å². The van der Waals surface area contributed by atoms with E-state index in [1.54, 1.807) is 6.08 Å². The van der Waals surface area contributed by atoms with Crippen LogP contribution >= 0.6 is 0 Å². The molecule has 0 aliphatic rings. The van der Waals surface area contributed by atoms with Crippen LogP contribution in [-0.4, -0.2) is 47.4 Å². The Balaban J connectivity index is 3.49. The fraction of sp³-hybridized carbons (Fsp3) is 0.922. The molecule has 0 aromatic heterocycles. The van der Waals surface area contributed by atoms with Crippen molar-refractivity contribution in [3.05, 3.63) is 12.2 Å². The molecular weight excluding hydrogens is 707 g/mol. The summed E-state index contributed by atoms with van der Waals surface area (Å²) in [5, 5.41) is 23.0. The number of hydrogen-bond donors (Lipinski definition) is 3. The summed E-state index contributed by atoms with van der Waals surface area (Å²) in [6.07, 6.45) is 53.4. The van der Waals surface area contributed by atoms with Crippen LogP contribution in [0.5, 0.6) is 0 Å². The molecule has 3 N–H and O–H groups in total. The predicted octanol–water partition coefficient (Wildman–Crippen LogP) is 15.0. The molecule has 0 radical (unpaired) electrons. The van der Waals surface area contributed by atoms with E-state index in [1.807, 2.05) is 6.08 Å². The molecule has 0 saturated heterocycles. The third-order valence-electron chi connectivity index (χ3n) is 11.8. The number of nitrogens with one attached hydrogen (secondary N) is 1. The summed E-state index contributed by atoms with van der Waals surface area (Å²) in [7, 11) is 0. The van der Waals surface area contributed by atoms with E-state index in [0.29, 0.717) is 19.4 Å². The highest BCUT2D eigenvalue weighted by molar-refractivity contribution is 5.76. The molecule has 0 fully saturated rings. The molecule has 0 spiro atoms. The van der Waals surface area contributed by atoms with Crippen molar-refractivity contribution in [3.8, 4) is 0 Å². The molecule has 338 valence electrons. The number of rotatable bonds is 47. The molecule has 0 saturated carbocycles. The summed E-state index contributed by atoms with van der Waals surface area (Å²) < 4.78 is 5.45. The highest BCUT2D eigenvalue weighted by atomic mass is 16.5. The number of amides is 1.